The first-order chi connectivity index (χ1) is 17.5. The van der Waals surface area contributed by atoms with Crippen molar-refractivity contribution in [1.82, 2.24) is 14.5 Å². The van der Waals surface area contributed by atoms with Crippen molar-refractivity contribution in [2.24, 2.45) is 0 Å². The normalized spacial score (nSPS) is 14.8. The summed E-state index contributed by atoms with van der Waals surface area (Å²) in [5, 5.41) is 2.86. The van der Waals surface area contributed by atoms with Crippen molar-refractivity contribution in [3.05, 3.63) is 90.0 Å². The Hall–Kier alpha value is -3.40. The molecule has 4 rings (SSSR count). The van der Waals surface area contributed by atoms with Gasteiger partial charge in [-0.2, -0.15) is 4.31 Å². The Bertz CT molecular complexity index is 1220. The van der Waals surface area contributed by atoms with Gasteiger partial charge in [-0.15, -0.1) is 0 Å². The lowest BCUT2D eigenvalue weighted by molar-refractivity contribution is 0.0947. The van der Waals surface area contributed by atoms with Gasteiger partial charge in [0.05, 0.1) is 18.6 Å². The van der Waals surface area contributed by atoms with Crippen molar-refractivity contribution in [2.45, 2.75) is 11.4 Å². The van der Waals surface area contributed by atoms with E-state index < -0.39 is 10.0 Å². The molecular weight excluding hydrogens is 478 g/mol. The first-order valence-corrected chi connectivity index (χ1v) is 13.3. The summed E-state index contributed by atoms with van der Waals surface area (Å²) in [7, 11) is -1.84. The standard InChI is InChI=1S/C27H31N3O5S/c1-34-24-11-13-25(14-12-24)35-20-15-28-27(31)23-9-7-22(8-10-23)21-29-16-18-30(19-17-29)36(32,33)26-5-3-2-4-6-26/h2-14H,15-21H2,1H3,(H,28,31). The zero-order chi connectivity index (χ0) is 25.4. The van der Waals surface area contributed by atoms with Crippen LogP contribution in [0.25, 0.3) is 0 Å². The Morgan fingerprint density at radius 3 is 2.14 bits per heavy atom. The number of hydrogen-bond acceptors (Lipinski definition) is 6. The van der Waals surface area contributed by atoms with Crippen molar-refractivity contribution in [3.63, 3.8) is 0 Å². The van der Waals surface area contributed by atoms with Crippen molar-refractivity contribution >= 4 is 15.9 Å². The van der Waals surface area contributed by atoms with Gasteiger partial charge in [-0.25, -0.2) is 8.42 Å². The third-order valence-electron chi connectivity index (χ3n) is 6.05. The summed E-state index contributed by atoms with van der Waals surface area (Å²) in [4.78, 5) is 15.0. The molecule has 0 radical (unpaired) electrons. The molecule has 0 aromatic heterocycles. The predicted molar refractivity (Wildman–Crippen MR) is 138 cm³/mol. The molecule has 1 N–H and O–H groups in total. The van der Waals surface area contributed by atoms with Gasteiger partial charge in [0, 0.05) is 38.3 Å². The van der Waals surface area contributed by atoms with E-state index in [0.29, 0.717) is 62.1 Å². The van der Waals surface area contributed by atoms with Gasteiger partial charge in [-0.3, -0.25) is 9.69 Å². The highest BCUT2D eigenvalue weighted by atomic mass is 32.2. The van der Waals surface area contributed by atoms with E-state index in [1.807, 2.05) is 54.6 Å². The number of sulfonamides is 1. The number of methoxy groups -OCH3 is 1. The van der Waals surface area contributed by atoms with E-state index >= 15 is 0 Å². The quantitative estimate of drug-likeness (QED) is 0.423. The Balaban J connectivity index is 1.20. The number of rotatable bonds is 10. The van der Waals surface area contributed by atoms with Crippen LogP contribution in [0.5, 0.6) is 11.5 Å². The monoisotopic (exact) mass is 509 g/mol. The lowest BCUT2D eigenvalue weighted by Crippen LogP contribution is -2.48. The summed E-state index contributed by atoms with van der Waals surface area (Å²) in [5.41, 5.74) is 1.66. The van der Waals surface area contributed by atoms with Crippen LogP contribution in [0.4, 0.5) is 0 Å². The van der Waals surface area contributed by atoms with Crippen molar-refractivity contribution < 1.29 is 22.7 Å². The highest BCUT2D eigenvalue weighted by Crippen LogP contribution is 2.19. The van der Waals surface area contributed by atoms with E-state index in [-0.39, 0.29) is 5.91 Å². The first kappa shape index (κ1) is 25.7. The molecule has 0 unspecified atom stereocenters. The lowest BCUT2D eigenvalue weighted by atomic mass is 10.1. The van der Waals surface area contributed by atoms with Crippen LogP contribution in [0.15, 0.2) is 83.8 Å². The van der Waals surface area contributed by atoms with Gasteiger partial charge in [-0.1, -0.05) is 30.3 Å². The molecular formula is C27H31N3O5S. The van der Waals surface area contributed by atoms with Crippen LogP contribution >= 0.6 is 0 Å². The molecule has 1 aliphatic rings. The van der Waals surface area contributed by atoms with Crippen molar-refractivity contribution in [2.75, 3.05) is 46.4 Å². The zero-order valence-corrected chi connectivity index (χ0v) is 21.1. The maximum absolute atomic E-state index is 12.8. The largest absolute Gasteiger partial charge is 0.497 e. The Morgan fingerprint density at radius 1 is 0.861 bits per heavy atom. The van der Waals surface area contributed by atoms with Gasteiger partial charge < -0.3 is 14.8 Å². The second kappa shape index (κ2) is 12.0. The molecule has 0 aliphatic carbocycles. The number of hydrogen-bond donors (Lipinski definition) is 1. The first-order valence-electron chi connectivity index (χ1n) is 11.9. The summed E-state index contributed by atoms with van der Waals surface area (Å²) < 4.78 is 37.9. The highest BCUT2D eigenvalue weighted by molar-refractivity contribution is 7.89. The summed E-state index contributed by atoms with van der Waals surface area (Å²) in [5.74, 6) is 1.32. The molecule has 0 saturated carbocycles. The number of nitrogens with one attached hydrogen (secondary N) is 1. The Kier molecular flexibility index (Phi) is 8.58. The average molecular weight is 510 g/mol. The third kappa shape index (κ3) is 6.63. The van der Waals surface area contributed by atoms with Crippen LogP contribution in [0.3, 0.4) is 0 Å². The number of ether oxygens (including phenoxy) is 2. The van der Waals surface area contributed by atoms with Crippen LogP contribution in [0.2, 0.25) is 0 Å². The molecule has 0 atom stereocenters. The second-order valence-corrected chi connectivity index (χ2v) is 10.4. The molecule has 1 saturated heterocycles. The number of carbonyl (C=O) groups is 1. The summed E-state index contributed by atoms with van der Waals surface area (Å²) in [6.45, 7) is 3.68. The van der Waals surface area contributed by atoms with Crippen LogP contribution in [-0.4, -0.2) is 70.0 Å². The van der Waals surface area contributed by atoms with E-state index in [1.54, 1.807) is 35.7 Å². The van der Waals surface area contributed by atoms with Gasteiger partial charge >= 0.3 is 0 Å². The van der Waals surface area contributed by atoms with E-state index in [2.05, 4.69) is 10.2 Å². The topological polar surface area (TPSA) is 88.2 Å². The minimum atomic E-state index is -3.45. The number of amides is 1. The van der Waals surface area contributed by atoms with Crippen LogP contribution < -0.4 is 14.8 Å². The molecule has 190 valence electrons. The van der Waals surface area contributed by atoms with Gasteiger partial charge in [0.15, 0.2) is 0 Å². The molecule has 0 spiro atoms. The van der Waals surface area contributed by atoms with Gasteiger partial charge in [-0.05, 0) is 54.1 Å². The van der Waals surface area contributed by atoms with Crippen LogP contribution in [0.1, 0.15) is 15.9 Å². The lowest BCUT2D eigenvalue weighted by Gasteiger charge is -2.34. The maximum atomic E-state index is 12.8. The van der Waals surface area contributed by atoms with Crippen LogP contribution in [0, 0.1) is 0 Å². The summed E-state index contributed by atoms with van der Waals surface area (Å²) >= 11 is 0. The fourth-order valence-electron chi connectivity index (χ4n) is 4.00. The minimum absolute atomic E-state index is 0.153. The van der Waals surface area contributed by atoms with E-state index in [0.717, 1.165) is 11.3 Å². The molecule has 3 aromatic carbocycles. The third-order valence-corrected chi connectivity index (χ3v) is 7.96. The van der Waals surface area contributed by atoms with Gasteiger partial charge in [0.1, 0.15) is 18.1 Å². The molecule has 36 heavy (non-hydrogen) atoms. The van der Waals surface area contributed by atoms with E-state index in [9.17, 15) is 13.2 Å². The molecule has 1 fully saturated rings. The van der Waals surface area contributed by atoms with Gasteiger partial charge in [0.25, 0.3) is 5.91 Å². The Labute approximate surface area is 212 Å². The molecule has 8 nitrogen and oxygen atoms in total. The zero-order valence-electron chi connectivity index (χ0n) is 20.3. The SMILES string of the molecule is COc1ccc(OCCNC(=O)c2ccc(CN3CCN(S(=O)(=O)c4ccccc4)CC3)cc2)cc1. The second-order valence-electron chi connectivity index (χ2n) is 8.47. The van der Waals surface area contributed by atoms with E-state index in [4.69, 9.17) is 9.47 Å². The number of nitrogens with zero attached hydrogens (tertiary/aromatic N) is 2. The molecule has 1 heterocycles. The Morgan fingerprint density at radius 2 is 1.50 bits per heavy atom. The molecule has 1 aliphatic heterocycles. The number of carbonyl (C=O) groups excluding carboxylic acids is 1. The molecule has 1 amide bonds. The maximum Gasteiger partial charge on any atom is 0.251 e. The average Bonchev–Trinajstić information content (AvgIpc) is 2.92. The fourth-order valence-corrected chi connectivity index (χ4v) is 5.44. The molecule has 0 bridgehead atoms. The summed E-state index contributed by atoms with van der Waals surface area (Å²) in [6.07, 6.45) is 0. The molecule has 3 aromatic rings. The van der Waals surface area contributed by atoms with Crippen LogP contribution in [-0.2, 0) is 16.6 Å². The highest BCUT2D eigenvalue weighted by Gasteiger charge is 2.28. The van der Waals surface area contributed by atoms with Gasteiger partial charge in [0.2, 0.25) is 10.0 Å². The smallest absolute Gasteiger partial charge is 0.251 e. The fraction of sp³-hybridized carbons (Fsp3) is 0.296. The number of piperazine rings is 1. The van der Waals surface area contributed by atoms with Crippen molar-refractivity contribution in [3.8, 4) is 11.5 Å². The predicted octanol–water partition coefficient (Wildman–Crippen LogP) is 3.01. The number of benzene rings is 3. The van der Waals surface area contributed by atoms with E-state index in [1.165, 1.54) is 0 Å². The minimum Gasteiger partial charge on any atom is -0.497 e. The van der Waals surface area contributed by atoms with Crippen molar-refractivity contribution in [1.29, 1.82) is 0 Å². The summed E-state index contributed by atoms with van der Waals surface area (Å²) in [6, 6.07) is 23.3. The molecule has 9 heteroatoms.